The Morgan fingerprint density at radius 2 is 1.77 bits per heavy atom. The number of imide groups is 1. The molecule has 3 aromatic heterocycles. The number of nitrogens with one attached hydrogen (secondary N) is 4. The molecule has 0 bridgehead atoms. The van der Waals surface area contributed by atoms with Crippen LogP contribution in [-0.4, -0.2) is 73.8 Å². The molecule has 2 aliphatic carbocycles. The number of nitrogens with zero attached hydrogens (tertiary/aromatic N) is 6. The number of carbonyl (C=O) groups is 2. The molecule has 5 aromatic rings. The number of hydrogen-bond acceptors (Lipinski definition) is 11. The Morgan fingerprint density at radius 3 is 2.54 bits per heavy atom. The highest BCUT2D eigenvalue weighted by atomic mass is 35.5. The monoisotopic (exact) mass is 784 g/mol. The predicted molar refractivity (Wildman–Crippen MR) is 207 cm³/mol. The van der Waals surface area contributed by atoms with Crippen LogP contribution in [0, 0.1) is 11.3 Å². The number of benzene rings is 2. The summed E-state index contributed by atoms with van der Waals surface area (Å²) in [5.41, 5.74) is 3.72. The molecule has 17 heteroatoms. The summed E-state index contributed by atoms with van der Waals surface area (Å²) < 4.78 is 38.9. The molecular formula is C39H39ClF2N10O4. The van der Waals surface area contributed by atoms with Gasteiger partial charge in [-0.2, -0.15) is 10.1 Å². The lowest BCUT2D eigenvalue weighted by Crippen LogP contribution is -2.65. The Kier molecular flexibility index (Phi) is 7.80. The molecule has 2 aromatic carbocycles. The number of fused-ring (bicyclic) bond motifs is 4. The zero-order valence-corrected chi connectivity index (χ0v) is 31.4. The summed E-state index contributed by atoms with van der Waals surface area (Å²) >= 11 is 6.58. The van der Waals surface area contributed by atoms with Gasteiger partial charge in [0.2, 0.25) is 23.5 Å². The largest absolute Gasteiger partial charge is 0.480 e. The number of halogens is 3. The van der Waals surface area contributed by atoms with Crippen LogP contribution in [0.2, 0.25) is 5.02 Å². The smallest absolute Gasteiger partial charge is 0.301 e. The highest BCUT2D eigenvalue weighted by Crippen LogP contribution is 2.51. The first-order valence-corrected chi connectivity index (χ1v) is 19.3. The van der Waals surface area contributed by atoms with E-state index in [1.54, 1.807) is 36.1 Å². The molecule has 1 spiro atoms. The van der Waals surface area contributed by atoms with Gasteiger partial charge in [0.05, 0.1) is 40.6 Å². The second-order valence-corrected chi connectivity index (χ2v) is 16.6. The molecule has 2 atom stereocenters. The van der Waals surface area contributed by atoms with Crippen molar-refractivity contribution in [2.75, 3.05) is 40.5 Å². The van der Waals surface area contributed by atoms with Crippen molar-refractivity contribution in [1.29, 1.82) is 0 Å². The molecule has 4 N–H and O–H groups in total. The fourth-order valence-corrected chi connectivity index (χ4v) is 9.23. The Bertz CT molecular complexity index is 2540. The molecule has 0 radical (unpaired) electrons. The summed E-state index contributed by atoms with van der Waals surface area (Å²) in [6.45, 7) is 0.744. The van der Waals surface area contributed by atoms with Crippen LogP contribution in [0.25, 0.3) is 21.8 Å². The number of hydrogen-bond donors (Lipinski definition) is 4. The average Bonchev–Trinajstić information content (AvgIpc) is 3.94. The third-order valence-electron chi connectivity index (χ3n) is 12.1. The summed E-state index contributed by atoms with van der Waals surface area (Å²) in [7, 11) is 3.46. The van der Waals surface area contributed by atoms with E-state index in [0.29, 0.717) is 70.8 Å². The standard InChI is InChI=1S/C39H39ClF2N10O4/c1-50-27-9-6-20(11-25(27)31-32(36(50)55)56-18-39(41,42)33(47-31)19-3-4-19)45-34-26(40)15-43-37(48-34)52-16-38(17-52)13-22(14-38)44-21-5-7-23-28(12-21)51(2)49-30(23)24-8-10-29(53)46-35(24)54/h5-7,9,11-12,15,19,22,24,33,44,47H,3-4,8,10,13-14,16-18H2,1-2H3,(H,43,45,48)(H,46,53,54). The minimum Gasteiger partial charge on any atom is -0.480 e. The summed E-state index contributed by atoms with van der Waals surface area (Å²) in [6, 6.07) is 10.6. The predicted octanol–water partition coefficient (Wildman–Crippen LogP) is 5.43. The average molecular weight is 785 g/mol. The maximum atomic E-state index is 15.1. The molecule has 4 fully saturated rings. The van der Waals surface area contributed by atoms with Crippen molar-refractivity contribution in [2.45, 2.75) is 62.4 Å². The number of piperidine rings is 1. The van der Waals surface area contributed by atoms with Crippen LogP contribution in [0.15, 0.2) is 47.4 Å². The number of aromatic nitrogens is 5. The van der Waals surface area contributed by atoms with Crippen molar-refractivity contribution in [1.82, 2.24) is 29.6 Å². The molecule has 6 heterocycles. The maximum Gasteiger partial charge on any atom is 0.301 e. The van der Waals surface area contributed by atoms with Crippen LogP contribution in [0.1, 0.15) is 50.1 Å². The van der Waals surface area contributed by atoms with Gasteiger partial charge in [0, 0.05) is 67.2 Å². The lowest BCUT2D eigenvalue weighted by Gasteiger charge is -2.59. The van der Waals surface area contributed by atoms with Crippen molar-refractivity contribution in [2.24, 2.45) is 25.4 Å². The fourth-order valence-electron chi connectivity index (χ4n) is 9.09. The van der Waals surface area contributed by atoms with Crippen LogP contribution >= 0.6 is 11.6 Å². The summed E-state index contributed by atoms with van der Waals surface area (Å²) in [4.78, 5) is 48.8. The van der Waals surface area contributed by atoms with Gasteiger partial charge in [0.1, 0.15) is 5.02 Å². The molecular weight excluding hydrogens is 746 g/mol. The van der Waals surface area contributed by atoms with Crippen LogP contribution < -0.4 is 36.5 Å². The van der Waals surface area contributed by atoms with E-state index in [9.17, 15) is 14.4 Å². The third kappa shape index (κ3) is 5.79. The first-order chi connectivity index (χ1) is 26.8. The first-order valence-electron chi connectivity index (χ1n) is 18.9. The van der Waals surface area contributed by atoms with Gasteiger partial charge in [0.15, 0.2) is 12.4 Å². The molecule has 3 aliphatic heterocycles. The quantitative estimate of drug-likeness (QED) is 0.156. The number of amides is 2. The fraction of sp³-hybridized carbons (Fsp3) is 0.436. The Morgan fingerprint density at radius 1 is 0.982 bits per heavy atom. The van der Waals surface area contributed by atoms with Gasteiger partial charge < -0.3 is 30.2 Å². The minimum absolute atomic E-state index is 0.113. The van der Waals surface area contributed by atoms with Gasteiger partial charge in [-0.05, 0) is 74.4 Å². The normalized spacial score (nSPS) is 22.8. The van der Waals surface area contributed by atoms with Crippen molar-refractivity contribution in [3.8, 4) is 5.75 Å². The van der Waals surface area contributed by atoms with Crippen LogP contribution in [-0.2, 0) is 23.7 Å². The molecule has 290 valence electrons. The molecule has 2 saturated carbocycles. The van der Waals surface area contributed by atoms with Crippen molar-refractivity contribution in [3.05, 3.63) is 63.7 Å². The molecule has 2 amide bonds. The van der Waals surface area contributed by atoms with Crippen LogP contribution in [0.4, 0.5) is 37.6 Å². The number of pyridine rings is 1. The number of rotatable bonds is 7. The molecule has 56 heavy (non-hydrogen) atoms. The molecule has 5 aliphatic rings. The minimum atomic E-state index is -3.13. The third-order valence-corrected chi connectivity index (χ3v) is 12.4. The van der Waals surface area contributed by atoms with Gasteiger partial charge in [0.25, 0.3) is 5.56 Å². The molecule has 14 nitrogen and oxygen atoms in total. The van der Waals surface area contributed by atoms with Gasteiger partial charge in [-0.3, -0.25) is 24.4 Å². The highest BCUT2D eigenvalue weighted by molar-refractivity contribution is 6.33. The van der Waals surface area contributed by atoms with E-state index in [2.05, 4.69) is 42.3 Å². The van der Waals surface area contributed by atoms with E-state index >= 15 is 8.78 Å². The molecule has 10 rings (SSSR count). The molecule has 2 saturated heterocycles. The van der Waals surface area contributed by atoms with E-state index in [0.717, 1.165) is 42.5 Å². The number of ether oxygens (including phenoxy) is 1. The Hall–Kier alpha value is -5.51. The lowest BCUT2D eigenvalue weighted by atomic mass is 9.60. The topological polar surface area (TPSA) is 160 Å². The van der Waals surface area contributed by atoms with Gasteiger partial charge >= 0.3 is 5.92 Å². The Balaban J connectivity index is 0.814. The molecule has 2 unspecified atom stereocenters. The lowest BCUT2D eigenvalue weighted by molar-refractivity contribution is -0.134. The Labute approximate surface area is 323 Å². The van der Waals surface area contributed by atoms with Gasteiger partial charge in [-0.1, -0.05) is 11.6 Å². The summed E-state index contributed by atoms with van der Waals surface area (Å²) in [5.74, 6) is -3.47. The van der Waals surface area contributed by atoms with Gasteiger partial charge in [-0.15, -0.1) is 0 Å². The number of anilines is 5. The van der Waals surface area contributed by atoms with Gasteiger partial charge in [-0.25, -0.2) is 13.8 Å². The van der Waals surface area contributed by atoms with E-state index in [4.69, 9.17) is 21.3 Å². The number of aryl methyl sites for hydroxylation is 2. The zero-order valence-electron chi connectivity index (χ0n) is 30.7. The van der Waals surface area contributed by atoms with E-state index in [1.165, 1.54) is 4.57 Å². The van der Waals surface area contributed by atoms with Crippen molar-refractivity contribution >= 4 is 74.0 Å². The summed E-state index contributed by atoms with van der Waals surface area (Å²) in [6.07, 6.45) is 5.70. The van der Waals surface area contributed by atoms with E-state index < -0.39 is 30.0 Å². The maximum absolute atomic E-state index is 15.1. The number of carbonyl (C=O) groups excluding carboxylic acids is 2. The van der Waals surface area contributed by atoms with Crippen LogP contribution in [0.5, 0.6) is 5.75 Å². The highest BCUT2D eigenvalue weighted by Gasteiger charge is 2.53. The van der Waals surface area contributed by atoms with E-state index in [1.807, 2.05) is 19.2 Å². The van der Waals surface area contributed by atoms with Crippen molar-refractivity contribution < 1.29 is 23.1 Å². The second-order valence-electron chi connectivity index (χ2n) is 16.2. The first kappa shape index (κ1) is 34.9. The SMILES string of the molecule is Cn1nc(C2CCC(=O)NC2=O)c2ccc(NC3CC4(C3)CN(c3ncc(Cl)c(Nc5ccc6c(c5)c5c(c(=O)n6C)OCC(F)(F)C(C6CC6)N5)n3)C4)cc21. The number of alkyl halides is 2. The van der Waals surface area contributed by atoms with E-state index in [-0.39, 0.29) is 34.6 Å². The van der Waals surface area contributed by atoms with Crippen LogP contribution in [0.3, 0.4) is 0 Å². The second kappa shape index (κ2) is 12.5. The summed E-state index contributed by atoms with van der Waals surface area (Å²) in [5, 5.41) is 18.9. The zero-order chi connectivity index (χ0) is 38.7. The van der Waals surface area contributed by atoms with Crippen molar-refractivity contribution in [3.63, 3.8) is 0 Å².